The van der Waals surface area contributed by atoms with Crippen molar-refractivity contribution in [1.82, 2.24) is 4.98 Å². The second-order valence-corrected chi connectivity index (χ2v) is 7.35. The average molecular weight is 418 g/mol. The fourth-order valence-electron chi connectivity index (χ4n) is 3.10. The number of furan rings is 1. The maximum absolute atomic E-state index is 12.6. The van der Waals surface area contributed by atoms with Gasteiger partial charge in [0.2, 0.25) is 0 Å². The summed E-state index contributed by atoms with van der Waals surface area (Å²) in [5.74, 6) is 0.722. The lowest BCUT2D eigenvalue weighted by molar-refractivity contribution is 0.102. The first-order chi connectivity index (χ1) is 14.6. The fourth-order valence-corrected chi connectivity index (χ4v) is 3.80. The second kappa shape index (κ2) is 7.16. The van der Waals surface area contributed by atoms with E-state index in [9.17, 15) is 9.59 Å². The van der Waals surface area contributed by atoms with E-state index in [4.69, 9.17) is 13.6 Å². The van der Waals surface area contributed by atoms with Crippen LogP contribution in [0.4, 0.5) is 5.13 Å². The summed E-state index contributed by atoms with van der Waals surface area (Å²) >= 11 is 1.23. The van der Waals surface area contributed by atoms with Crippen LogP contribution in [0, 0.1) is 0 Å². The smallest absolute Gasteiger partial charge is 0.349 e. The zero-order valence-corrected chi connectivity index (χ0v) is 16.5. The third-order valence-corrected chi connectivity index (χ3v) is 5.34. The quantitative estimate of drug-likeness (QED) is 0.416. The van der Waals surface area contributed by atoms with Gasteiger partial charge in [0.05, 0.1) is 7.11 Å². The molecule has 2 aromatic carbocycles. The maximum Gasteiger partial charge on any atom is 0.349 e. The van der Waals surface area contributed by atoms with Crippen molar-refractivity contribution in [2.75, 3.05) is 12.4 Å². The summed E-state index contributed by atoms with van der Waals surface area (Å²) in [5, 5.41) is 6.32. The number of ether oxygens (including phenoxy) is 1. The summed E-state index contributed by atoms with van der Waals surface area (Å²) in [5.41, 5.74) is 0.932. The number of fused-ring (bicyclic) bond motifs is 2. The topological polar surface area (TPSA) is 94.6 Å². The molecule has 5 aromatic rings. The molecule has 0 spiro atoms. The molecule has 7 nitrogen and oxygen atoms in total. The van der Waals surface area contributed by atoms with Gasteiger partial charge in [-0.1, -0.05) is 18.2 Å². The highest BCUT2D eigenvalue weighted by atomic mass is 32.1. The Morgan fingerprint density at radius 3 is 2.73 bits per heavy atom. The van der Waals surface area contributed by atoms with Crippen molar-refractivity contribution in [2.45, 2.75) is 0 Å². The zero-order valence-electron chi connectivity index (χ0n) is 15.7. The lowest BCUT2D eigenvalue weighted by atomic mass is 10.2. The number of benzene rings is 2. The molecule has 30 heavy (non-hydrogen) atoms. The van der Waals surface area contributed by atoms with Gasteiger partial charge in [0.15, 0.2) is 10.9 Å². The number of nitrogens with zero attached hydrogens (tertiary/aromatic N) is 1. The number of carbonyl (C=O) groups excluding carboxylic acids is 1. The van der Waals surface area contributed by atoms with E-state index >= 15 is 0 Å². The van der Waals surface area contributed by atoms with E-state index < -0.39 is 11.5 Å². The van der Waals surface area contributed by atoms with Gasteiger partial charge in [-0.15, -0.1) is 11.3 Å². The molecule has 0 atom stereocenters. The number of carbonyl (C=O) groups is 1. The number of nitrogens with one attached hydrogen (secondary N) is 1. The normalized spacial score (nSPS) is 11.1. The van der Waals surface area contributed by atoms with Gasteiger partial charge in [-0.05, 0) is 36.4 Å². The predicted molar refractivity (Wildman–Crippen MR) is 114 cm³/mol. The van der Waals surface area contributed by atoms with Gasteiger partial charge in [-0.2, -0.15) is 0 Å². The van der Waals surface area contributed by atoms with Crippen molar-refractivity contribution < 1.29 is 18.4 Å². The van der Waals surface area contributed by atoms with E-state index in [2.05, 4.69) is 10.3 Å². The molecular weight excluding hydrogens is 404 g/mol. The molecule has 0 aliphatic heterocycles. The lowest BCUT2D eigenvalue weighted by Crippen LogP contribution is -2.20. The van der Waals surface area contributed by atoms with E-state index in [1.54, 1.807) is 36.8 Å². The van der Waals surface area contributed by atoms with Gasteiger partial charge >= 0.3 is 5.63 Å². The summed E-state index contributed by atoms with van der Waals surface area (Å²) in [6, 6.07) is 15.9. The van der Waals surface area contributed by atoms with Crippen molar-refractivity contribution >= 4 is 44.3 Å². The van der Waals surface area contributed by atoms with Gasteiger partial charge in [-0.25, -0.2) is 9.78 Å². The summed E-state index contributed by atoms with van der Waals surface area (Å²) < 4.78 is 16.3. The Labute approximate surface area is 173 Å². The number of aromatic nitrogens is 1. The third kappa shape index (κ3) is 3.23. The van der Waals surface area contributed by atoms with E-state index in [0.29, 0.717) is 33.1 Å². The molecule has 0 aliphatic carbocycles. The first-order valence-electron chi connectivity index (χ1n) is 8.98. The molecule has 148 valence electrons. The van der Waals surface area contributed by atoms with Gasteiger partial charge in [0.1, 0.15) is 28.2 Å². The molecule has 0 aliphatic rings. The Bertz CT molecular complexity index is 1460. The SMILES string of the molecule is COc1ccc2oc(-c3csc(NC(=O)c4cc5ccccc5oc4=O)n3)cc2c1. The monoisotopic (exact) mass is 418 g/mol. The average Bonchev–Trinajstić information content (AvgIpc) is 3.39. The minimum absolute atomic E-state index is 0.0821. The largest absolute Gasteiger partial charge is 0.497 e. The van der Waals surface area contributed by atoms with Crippen LogP contribution >= 0.6 is 11.3 Å². The molecule has 1 amide bonds. The Hall–Kier alpha value is -3.91. The first-order valence-corrected chi connectivity index (χ1v) is 9.86. The van der Waals surface area contributed by atoms with Crippen LogP contribution in [0.15, 0.2) is 73.6 Å². The van der Waals surface area contributed by atoms with Crippen molar-refractivity contribution in [3.8, 4) is 17.2 Å². The van der Waals surface area contributed by atoms with Gasteiger partial charge in [0, 0.05) is 16.2 Å². The molecule has 3 aromatic heterocycles. The van der Waals surface area contributed by atoms with Crippen LogP contribution in [-0.2, 0) is 0 Å². The third-order valence-electron chi connectivity index (χ3n) is 4.59. The van der Waals surface area contributed by atoms with Crippen LogP contribution in [0.5, 0.6) is 5.75 Å². The van der Waals surface area contributed by atoms with Crippen molar-refractivity contribution in [1.29, 1.82) is 0 Å². The number of thiazole rings is 1. The summed E-state index contributed by atoms with van der Waals surface area (Å²) in [4.78, 5) is 29.2. The standard InChI is InChI=1S/C22H14N2O5S/c1-27-14-6-7-18-13(8-14)10-19(28-18)16-11-30-22(23-16)24-20(25)15-9-12-4-2-3-5-17(12)29-21(15)26/h2-11H,1H3,(H,23,24,25). The van der Waals surface area contributed by atoms with Crippen molar-refractivity contribution in [3.05, 3.63) is 76.0 Å². The molecule has 0 radical (unpaired) electrons. The minimum Gasteiger partial charge on any atom is -0.497 e. The van der Waals surface area contributed by atoms with Gasteiger partial charge in [0.25, 0.3) is 5.91 Å². The number of anilines is 1. The van der Waals surface area contributed by atoms with Crippen molar-refractivity contribution in [3.63, 3.8) is 0 Å². The number of hydrogen-bond donors (Lipinski definition) is 1. The Morgan fingerprint density at radius 1 is 1.03 bits per heavy atom. The predicted octanol–water partition coefficient (Wildman–Crippen LogP) is 4.92. The second-order valence-electron chi connectivity index (χ2n) is 6.49. The number of para-hydroxylation sites is 1. The molecule has 5 rings (SSSR count). The highest BCUT2D eigenvalue weighted by molar-refractivity contribution is 7.14. The number of rotatable bonds is 4. The first kappa shape index (κ1) is 18.1. The summed E-state index contributed by atoms with van der Waals surface area (Å²) in [6.45, 7) is 0. The molecule has 8 heteroatoms. The van der Waals surface area contributed by atoms with E-state index in [1.165, 1.54) is 17.4 Å². The molecule has 0 fully saturated rings. The molecule has 0 bridgehead atoms. The van der Waals surface area contributed by atoms with Gasteiger partial charge < -0.3 is 13.6 Å². The fraction of sp³-hybridized carbons (Fsp3) is 0.0455. The molecular formula is C22H14N2O5S. The lowest BCUT2D eigenvalue weighted by Gasteiger charge is -2.02. The summed E-state index contributed by atoms with van der Waals surface area (Å²) in [6.07, 6.45) is 0. The summed E-state index contributed by atoms with van der Waals surface area (Å²) in [7, 11) is 1.60. The molecule has 1 N–H and O–H groups in total. The minimum atomic E-state index is -0.700. The Balaban J connectivity index is 1.41. The molecule has 0 saturated heterocycles. The Kier molecular flexibility index (Phi) is 4.33. The van der Waals surface area contributed by atoms with Crippen LogP contribution in [0.3, 0.4) is 0 Å². The molecule has 0 saturated carbocycles. The Morgan fingerprint density at radius 2 is 1.87 bits per heavy atom. The maximum atomic E-state index is 12.6. The highest BCUT2D eigenvalue weighted by Crippen LogP contribution is 2.32. The van der Waals surface area contributed by atoms with Gasteiger partial charge in [-0.3, -0.25) is 10.1 Å². The van der Waals surface area contributed by atoms with Crippen LogP contribution < -0.4 is 15.7 Å². The number of hydrogen-bond acceptors (Lipinski definition) is 7. The van der Waals surface area contributed by atoms with E-state index in [1.807, 2.05) is 24.3 Å². The van der Waals surface area contributed by atoms with Crippen molar-refractivity contribution in [2.24, 2.45) is 0 Å². The van der Waals surface area contributed by atoms with E-state index in [-0.39, 0.29) is 5.56 Å². The molecule has 3 heterocycles. The van der Waals surface area contributed by atoms with Crippen LogP contribution in [0.25, 0.3) is 33.4 Å². The molecule has 0 unspecified atom stereocenters. The van der Waals surface area contributed by atoms with E-state index in [0.717, 1.165) is 11.1 Å². The zero-order chi connectivity index (χ0) is 20.7. The van der Waals surface area contributed by atoms with Crippen LogP contribution in [-0.4, -0.2) is 18.0 Å². The van der Waals surface area contributed by atoms with Crippen LogP contribution in [0.1, 0.15) is 10.4 Å². The highest BCUT2D eigenvalue weighted by Gasteiger charge is 2.17. The van der Waals surface area contributed by atoms with Crippen LogP contribution in [0.2, 0.25) is 0 Å². The number of amides is 1. The number of methoxy groups -OCH3 is 1.